The molecule has 1 heterocycles. The van der Waals surface area contributed by atoms with Crippen LogP contribution >= 0.6 is 43.5 Å². The summed E-state index contributed by atoms with van der Waals surface area (Å²) in [5, 5.41) is 9.56. The first-order valence-electron chi connectivity index (χ1n) is 4.53. The van der Waals surface area contributed by atoms with Crippen LogP contribution in [-0.4, -0.2) is 14.8 Å². The number of alkyl halides is 1. The lowest BCUT2D eigenvalue weighted by molar-refractivity contribution is 0.859. The van der Waals surface area contributed by atoms with Crippen molar-refractivity contribution < 1.29 is 0 Å². The van der Waals surface area contributed by atoms with Crippen molar-refractivity contribution in [1.29, 1.82) is 0 Å². The topological polar surface area (TPSA) is 30.7 Å². The van der Waals surface area contributed by atoms with Crippen LogP contribution in [0.15, 0.2) is 22.7 Å². The van der Waals surface area contributed by atoms with E-state index in [0.29, 0.717) is 10.4 Å². The summed E-state index contributed by atoms with van der Waals surface area (Å²) in [5.41, 5.74) is 0.954. The Balaban J connectivity index is 2.50. The normalized spacial score (nSPS) is 10.8. The monoisotopic (exact) mass is 363 g/mol. The SMILES string of the molecule is Cn1c(CBr)nnc1-c1ccc(Br)c(Cl)c1. The standard InChI is InChI=1S/C10H8Br2ClN3/c1-16-9(5-11)14-15-10(16)6-2-3-7(12)8(13)4-6/h2-4H,5H2,1H3. The Labute approximate surface area is 115 Å². The number of halogens is 3. The van der Waals surface area contributed by atoms with Crippen molar-refractivity contribution in [2.45, 2.75) is 5.33 Å². The number of hydrogen-bond donors (Lipinski definition) is 0. The Morgan fingerprint density at radius 1 is 1.38 bits per heavy atom. The summed E-state index contributed by atoms with van der Waals surface area (Å²) in [7, 11) is 1.93. The fourth-order valence-electron chi connectivity index (χ4n) is 1.36. The second-order valence-corrected chi connectivity index (χ2v) is 5.08. The number of benzene rings is 1. The van der Waals surface area contributed by atoms with Gasteiger partial charge in [0.25, 0.3) is 0 Å². The Morgan fingerprint density at radius 3 is 2.69 bits per heavy atom. The van der Waals surface area contributed by atoms with Crippen molar-refractivity contribution in [2.75, 3.05) is 0 Å². The predicted octanol–water partition coefficient (Wildman–Crippen LogP) is 3.79. The molecule has 0 saturated heterocycles. The van der Waals surface area contributed by atoms with Gasteiger partial charge in [0, 0.05) is 17.1 Å². The maximum absolute atomic E-state index is 6.04. The highest BCUT2D eigenvalue weighted by Crippen LogP contribution is 2.28. The van der Waals surface area contributed by atoms with E-state index in [-0.39, 0.29) is 0 Å². The molecule has 0 atom stereocenters. The molecule has 0 aliphatic carbocycles. The van der Waals surface area contributed by atoms with E-state index in [1.807, 2.05) is 29.8 Å². The first-order chi connectivity index (χ1) is 7.63. The fraction of sp³-hybridized carbons (Fsp3) is 0.200. The summed E-state index contributed by atoms with van der Waals surface area (Å²) in [6, 6.07) is 5.73. The molecule has 0 amide bonds. The van der Waals surface area contributed by atoms with Crippen molar-refractivity contribution >= 4 is 43.5 Å². The summed E-state index contributed by atoms with van der Waals surface area (Å²) in [6.45, 7) is 0. The van der Waals surface area contributed by atoms with Gasteiger partial charge in [-0.05, 0) is 34.1 Å². The molecule has 0 aliphatic heterocycles. The number of rotatable bonds is 2. The molecule has 0 radical (unpaired) electrons. The molecular weight excluding hydrogens is 357 g/mol. The van der Waals surface area contributed by atoms with E-state index >= 15 is 0 Å². The van der Waals surface area contributed by atoms with Crippen LogP contribution in [0.1, 0.15) is 5.82 Å². The van der Waals surface area contributed by atoms with Gasteiger partial charge in [-0.1, -0.05) is 27.5 Å². The van der Waals surface area contributed by atoms with Crippen LogP contribution in [0.2, 0.25) is 5.02 Å². The smallest absolute Gasteiger partial charge is 0.163 e. The Kier molecular flexibility index (Phi) is 3.66. The minimum Gasteiger partial charge on any atom is -0.313 e. The zero-order chi connectivity index (χ0) is 11.7. The van der Waals surface area contributed by atoms with Crippen LogP contribution in [0.25, 0.3) is 11.4 Å². The molecule has 6 heteroatoms. The average molecular weight is 365 g/mol. The molecule has 0 saturated carbocycles. The molecule has 2 aromatic rings. The predicted molar refractivity (Wildman–Crippen MR) is 71.8 cm³/mol. The van der Waals surface area contributed by atoms with Gasteiger partial charge in [-0.15, -0.1) is 10.2 Å². The van der Waals surface area contributed by atoms with E-state index in [2.05, 4.69) is 42.1 Å². The van der Waals surface area contributed by atoms with Gasteiger partial charge in [-0.2, -0.15) is 0 Å². The third kappa shape index (κ3) is 2.17. The molecule has 1 aromatic heterocycles. The Hall–Kier alpha value is -0.390. The third-order valence-corrected chi connectivity index (χ3v) is 4.00. The molecule has 2 rings (SSSR count). The average Bonchev–Trinajstić information content (AvgIpc) is 2.64. The zero-order valence-corrected chi connectivity index (χ0v) is 12.3. The van der Waals surface area contributed by atoms with E-state index in [4.69, 9.17) is 11.6 Å². The highest BCUT2D eigenvalue weighted by atomic mass is 79.9. The first kappa shape index (κ1) is 12.1. The molecule has 0 aliphatic rings. The molecular formula is C10H8Br2ClN3. The lowest BCUT2D eigenvalue weighted by Gasteiger charge is -2.03. The molecule has 1 aromatic carbocycles. The van der Waals surface area contributed by atoms with E-state index in [0.717, 1.165) is 21.7 Å². The van der Waals surface area contributed by atoms with Crippen LogP contribution in [0.3, 0.4) is 0 Å². The molecule has 0 N–H and O–H groups in total. The summed E-state index contributed by atoms with van der Waals surface area (Å²) >= 11 is 12.8. The van der Waals surface area contributed by atoms with Crippen LogP contribution in [0.5, 0.6) is 0 Å². The van der Waals surface area contributed by atoms with Crippen molar-refractivity contribution in [3.8, 4) is 11.4 Å². The van der Waals surface area contributed by atoms with Gasteiger partial charge in [0.15, 0.2) is 5.82 Å². The number of nitrogens with zero attached hydrogens (tertiary/aromatic N) is 3. The van der Waals surface area contributed by atoms with Gasteiger partial charge in [0.1, 0.15) is 5.82 Å². The van der Waals surface area contributed by atoms with Crippen LogP contribution in [-0.2, 0) is 12.4 Å². The lowest BCUT2D eigenvalue weighted by atomic mass is 10.2. The fourth-order valence-corrected chi connectivity index (χ4v) is 2.28. The van der Waals surface area contributed by atoms with E-state index in [9.17, 15) is 0 Å². The van der Waals surface area contributed by atoms with Gasteiger partial charge in [-0.25, -0.2) is 0 Å². The van der Waals surface area contributed by atoms with Gasteiger partial charge in [0.05, 0.1) is 10.4 Å². The molecule has 3 nitrogen and oxygen atoms in total. The van der Waals surface area contributed by atoms with E-state index in [1.165, 1.54) is 0 Å². The van der Waals surface area contributed by atoms with Crippen LogP contribution < -0.4 is 0 Å². The lowest BCUT2D eigenvalue weighted by Crippen LogP contribution is -1.97. The first-order valence-corrected chi connectivity index (χ1v) is 6.82. The second-order valence-electron chi connectivity index (χ2n) is 3.26. The largest absolute Gasteiger partial charge is 0.313 e. The molecule has 0 unspecified atom stereocenters. The summed E-state index contributed by atoms with van der Waals surface area (Å²) < 4.78 is 2.81. The summed E-state index contributed by atoms with van der Waals surface area (Å²) in [5.74, 6) is 1.69. The molecule has 0 spiro atoms. The molecule has 84 valence electrons. The minimum atomic E-state index is 0.667. The Bertz CT molecular complexity index is 525. The molecule has 16 heavy (non-hydrogen) atoms. The summed E-state index contributed by atoms with van der Waals surface area (Å²) in [4.78, 5) is 0. The minimum absolute atomic E-state index is 0.667. The van der Waals surface area contributed by atoms with Gasteiger partial charge < -0.3 is 4.57 Å². The maximum Gasteiger partial charge on any atom is 0.163 e. The third-order valence-electron chi connectivity index (χ3n) is 2.26. The van der Waals surface area contributed by atoms with Crippen molar-refractivity contribution in [1.82, 2.24) is 14.8 Å². The van der Waals surface area contributed by atoms with Crippen molar-refractivity contribution in [3.63, 3.8) is 0 Å². The summed E-state index contributed by atoms with van der Waals surface area (Å²) in [6.07, 6.45) is 0. The van der Waals surface area contributed by atoms with Gasteiger partial charge >= 0.3 is 0 Å². The highest BCUT2D eigenvalue weighted by Gasteiger charge is 2.10. The zero-order valence-electron chi connectivity index (χ0n) is 8.41. The number of hydrogen-bond acceptors (Lipinski definition) is 2. The van der Waals surface area contributed by atoms with Crippen molar-refractivity contribution in [2.24, 2.45) is 7.05 Å². The van der Waals surface area contributed by atoms with E-state index in [1.54, 1.807) is 0 Å². The van der Waals surface area contributed by atoms with Crippen molar-refractivity contribution in [3.05, 3.63) is 33.5 Å². The van der Waals surface area contributed by atoms with Gasteiger partial charge in [0.2, 0.25) is 0 Å². The van der Waals surface area contributed by atoms with E-state index < -0.39 is 0 Å². The van der Waals surface area contributed by atoms with Gasteiger partial charge in [-0.3, -0.25) is 0 Å². The van der Waals surface area contributed by atoms with Crippen LogP contribution in [0.4, 0.5) is 0 Å². The molecule has 0 bridgehead atoms. The second kappa shape index (κ2) is 4.85. The molecule has 0 fully saturated rings. The Morgan fingerprint density at radius 2 is 2.12 bits per heavy atom. The number of aromatic nitrogens is 3. The quantitative estimate of drug-likeness (QED) is 0.758. The highest BCUT2D eigenvalue weighted by molar-refractivity contribution is 9.10. The maximum atomic E-state index is 6.04. The van der Waals surface area contributed by atoms with Crippen LogP contribution in [0, 0.1) is 0 Å².